The third-order valence-corrected chi connectivity index (χ3v) is 5.87. The van der Waals surface area contributed by atoms with Crippen LogP contribution in [0.2, 0.25) is 0 Å². The smallest absolute Gasteiger partial charge is 0.166 e. The Balaban J connectivity index is 2.02. The molecule has 24 heavy (non-hydrogen) atoms. The summed E-state index contributed by atoms with van der Waals surface area (Å²) < 4.78 is 29.9. The van der Waals surface area contributed by atoms with Gasteiger partial charge in [0.15, 0.2) is 11.6 Å². The summed E-state index contributed by atoms with van der Waals surface area (Å²) in [4.78, 5) is 1.02. The van der Waals surface area contributed by atoms with Gasteiger partial charge in [-0.3, -0.25) is 0 Å². The largest absolute Gasteiger partial charge is 0.204 e. The lowest BCUT2D eigenvalue weighted by Gasteiger charge is -2.09. The van der Waals surface area contributed by atoms with Crippen LogP contribution in [0.5, 0.6) is 0 Å². The Hall–Kier alpha value is -2.52. The van der Waals surface area contributed by atoms with E-state index in [0.29, 0.717) is 12.0 Å². The standard InChI is InChI=1S/C21H12F2S/c22-16-10-9-13-11-12-5-1-2-6-14(12)21-19(18(13)20(16)23)15-7-3-4-8-17(15)24-21/h1-10H,11H2. The third kappa shape index (κ3) is 1.82. The molecule has 0 nitrogen and oxygen atoms in total. The lowest BCUT2D eigenvalue weighted by molar-refractivity contribution is 0.510. The summed E-state index contributed by atoms with van der Waals surface area (Å²) in [6.45, 7) is 0. The molecule has 4 aromatic rings. The van der Waals surface area contributed by atoms with Crippen LogP contribution in [0.1, 0.15) is 11.1 Å². The first kappa shape index (κ1) is 13.9. The Bertz CT molecular complexity index is 1110. The molecule has 0 saturated heterocycles. The van der Waals surface area contributed by atoms with E-state index in [4.69, 9.17) is 0 Å². The Kier molecular flexibility index (Phi) is 2.88. The van der Waals surface area contributed by atoms with Gasteiger partial charge in [-0.25, -0.2) is 8.78 Å². The van der Waals surface area contributed by atoms with Crippen molar-refractivity contribution in [2.24, 2.45) is 0 Å². The molecule has 5 rings (SSSR count). The minimum absolute atomic E-state index is 0.415. The van der Waals surface area contributed by atoms with Crippen LogP contribution in [-0.4, -0.2) is 0 Å². The minimum atomic E-state index is -0.791. The number of rotatable bonds is 0. The van der Waals surface area contributed by atoms with Crippen LogP contribution in [0.4, 0.5) is 8.78 Å². The van der Waals surface area contributed by atoms with Gasteiger partial charge in [-0.15, -0.1) is 11.3 Å². The molecule has 0 bridgehead atoms. The normalized spacial score (nSPS) is 12.4. The molecule has 0 saturated carbocycles. The monoisotopic (exact) mass is 334 g/mol. The molecular formula is C21H12F2S. The van der Waals surface area contributed by atoms with Crippen molar-refractivity contribution in [3.63, 3.8) is 0 Å². The second kappa shape index (κ2) is 4.99. The molecule has 0 atom stereocenters. The van der Waals surface area contributed by atoms with Crippen molar-refractivity contribution in [1.82, 2.24) is 0 Å². The van der Waals surface area contributed by atoms with Gasteiger partial charge in [0.05, 0.1) is 0 Å². The first-order chi connectivity index (χ1) is 11.7. The molecule has 0 unspecified atom stereocenters. The Morgan fingerprint density at radius 1 is 0.750 bits per heavy atom. The fraction of sp³-hybridized carbons (Fsp3) is 0.0476. The van der Waals surface area contributed by atoms with Gasteiger partial charge in [0, 0.05) is 26.1 Å². The Labute approximate surface area is 142 Å². The lowest BCUT2D eigenvalue weighted by atomic mass is 9.96. The van der Waals surface area contributed by atoms with E-state index in [-0.39, 0.29) is 0 Å². The molecule has 1 aliphatic rings. The molecular weight excluding hydrogens is 322 g/mol. The second-order valence-corrected chi connectivity index (χ2v) is 7.08. The van der Waals surface area contributed by atoms with Gasteiger partial charge in [-0.2, -0.15) is 0 Å². The molecule has 0 N–H and O–H groups in total. The van der Waals surface area contributed by atoms with Crippen LogP contribution in [-0.2, 0) is 6.42 Å². The van der Waals surface area contributed by atoms with Gasteiger partial charge in [0.25, 0.3) is 0 Å². The van der Waals surface area contributed by atoms with Crippen LogP contribution in [0.3, 0.4) is 0 Å². The zero-order chi connectivity index (χ0) is 16.3. The van der Waals surface area contributed by atoms with Gasteiger partial charge in [-0.1, -0.05) is 48.5 Å². The number of halogens is 2. The zero-order valence-corrected chi connectivity index (χ0v) is 13.5. The van der Waals surface area contributed by atoms with Gasteiger partial charge in [0.1, 0.15) is 0 Å². The van der Waals surface area contributed by atoms with Crippen molar-refractivity contribution >= 4 is 21.4 Å². The molecule has 0 fully saturated rings. The lowest BCUT2D eigenvalue weighted by Crippen LogP contribution is -1.96. The highest BCUT2D eigenvalue weighted by atomic mass is 32.1. The molecule has 0 spiro atoms. The van der Waals surface area contributed by atoms with Gasteiger partial charge in [-0.05, 0) is 35.2 Å². The number of hydrogen-bond acceptors (Lipinski definition) is 1. The predicted molar refractivity (Wildman–Crippen MR) is 95.4 cm³/mol. The average Bonchev–Trinajstić information content (AvgIpc) is 2.91. The highest BCUT2D eigenvalue weighted by molar-refractivity contribution is 7.23. The van der Waals surface area contributed by atoms with Crippen molar-refractivity contribution in [1.29, 1.82) is 0 Å². The van der Waals surface area contributed by atoms with Crippen molar-refractivity contribution in [2.45, 2.75) is 6.42 Å². The predicted octanol–water partition coefficient (Wildman–Crippen LogP) is 6.42. The van der Waals surface area contributed by atoms with Gasteiger partial charge in [0.2, 0.25) is 0 Å². The van der Waals surface area contributed by atoms with Crippen LogP contribution >= 0.6 is 11.3 Å². The summed E-state index contributed by atoms with van der Waals surface area (Å²) in [5, 5.41) is 0.986. The fourth-order valence-corrected chi connectivity index (χ4v) is 4.86. The highest BCUT2D eigenvalue weighted by Crippen LogP contribution is 2.50. The van der Waals surface area contributed by atoms with Crippen molar-refractivity contribution < 1.29 is 8.78 Å². The first-order valence-electron chi connectivity index (χ1n) is 7.81. The van der Waals surface area contributed by atoms with Gasteiger partial charge < -0.3 is 0 Å². The maximum atomic E-state index is 14.8. The molecule has 0 aliphatic heterocycles. The number of benzene rings is 3. The number of fused-ring (bicyclic) bond motifs is 7. The molecule has 3 aromatic carbocycles. The van der Waals surface area contributed by atoms with E-state index >= 15 is 0 Å². The van der Waals surface area contributed by atoms with Crippen molar-refractivity contribution in [2.75, 3.05) is 0 Å². The molecule has 3 heteroatoms. The quantitative estimate of drug-likeness (QED) is 0.307. The Morgan fingerprint density at radius 3 is 2.46 bits per heavy atom. The molecule has 0 radical (unpaired) electrons. The van der Waals surface area contributed by atoms with Crippen LogP contribution in [0.25, 0.3) is 31.7 Å². The Morgan fingerprint density at radius 2 is 1.54 bits per heavy atom. The van der Waals surface area contributed by atoms with E-state index in [1.165, 1.54) is 6.07 Å². The van der Waals surface area contributed by atoms with E-state index in [1.807, 2.05) is 36.4 Å². The minimum Gasteiger partial charge on any atom is -0.204 e. The SMILES string of the molecule is Fc1ccc2c(c1F)-c1c(sc3ccccc13)-c1ccccc1C2. The first-order valence-corrected chi connectivity index (χ1v) is 8.63. The topological polar surface area (TPSA) is 0 Å². The number of thiophene rings is 1. The molecule has 1 heterocycles. The van der Waals surface area contributed by atoms with E-state index < -0.39 is 11.6 Å². The summed E-state index contributed by atoms with van der Waals surface area (Å²) in [5.74, 6) is -1.54. The van der Waals surface area contributed by atoms with E-state index in [2.05, 4.69) is 12.1 Å². The maximum Gasteiger partial charge on any atom is 0.166 e. The van der Waals surface area contributed by atoms with E-state index in [0.717, 1.165) is 37.2 Å². The summed E-state index contributed by atoms with van der Waals surface area (Å²) >= 11 is 1.64. The van der Waals surface area contributed by atoms with Crippen LogP contribution in [0, 0.1) is 11.6 Å². The molecule has 116 valence electrons. The molecule has 1 aromatic heterocycles. The summed E-state index contributed by atoms with van der Waals surface area (Å²) in [6.07, 6.45) is 0.610. The second-order valence-electron chi connectivity index (χ2n) is 6.03. The van der Waals surface area contributed by atoms with Gasteiger partial charge >= 0.3 is 0 Å². The summed E-state index contributed by atoms with van der Waals surface area (Å²) in [6, 6.07) is 19.0. The van der Waals surface area contributed by atoms with E-state index in [1.54, 1.807) is 17.4 Å². The molecule has 1 aliphatic carbocycles. The third-order valence-electron chi connectivity index (χ3n) is 4.67. The zero-order valence-electron chi connectivity index (χ0n) is 12.6. The van der Waals surface area contributed by atoms with Crippen LogP contribution in [0.15, 0.2) is 60.7 Å². The van der Waals surface area contributed by atoms with E-state index in [9.17, 15) is 8.78 Å². The summed E-state index contributed by atoms with van der Waals surface area (Å²) in [5.41, 5.74) is 4.34. The average molecular weight is 334 g/mol. The summed E-state index contributed by atoms with van der Waals surface area (Å²) in [7, 11) is 0. The van der Waals surface area contributed by atoms with Crippen molar-refractivity contribution in [3.8, 4) is 21.6 Å². The maximum absolute atomic E-state index is 14.8. The fourth-order valence-electron chi connectivity index (χ4n) is 3.59. The highest BCUT2D eigenvalue weighted by Gasteiger charge is 2.27. The van der Waals surface area contributed by atoms with Crippen molar-refractivity contribution in [3.05, 3.63) is 83.4 Å². The molecule has 0 amide bonds. The number of hydrogen-bond donors (Lipinski definition) is 0. The van der Waals surface area contributed by atoms with Crippen LogP contribution < -0.4 is 0 Å².